The van der Waals surface area contributed by atoms with Gasteiger partial charge in [-0.05, 0) is 24.2 Å². The fraction of sp³-hybridized carbons (Fsp3) is 0.379. The lowest BCUT2D eigenvalue weighted by atomic mass is 10.1. The minimum absolute atomic E-state index is 0.288. The van der Waals surface area contributed by atoms with Crippen LogP contribution in [0.3, 0.4) is 0 Å². The summed E-state index contributed by atoms with van der Waals surface area (Å²) in [6.07, 6.45) is 3.57. The molecule has 2 rings (SSSR count). The van der Waals surface area contributed by atoms with Crippen LogP contribution in [0.15, 0.2) is 73.8 Å². The quantitative estimate of drug-likeness (QED) is 0.148. The van der Waals surface area contributed by atoms with Gasteiger partial charge in [-0.25, -0.2) is 14.8 Å². The second kappa shape index (κ2) is 15.8. The van der Waals surface area contributed by atoms with Gasteiger partial charge in [-0.1, -0.05) is 73.1 Å². The third kappa shape index (κ3) is 8.62. The molecule has 206 valence electrons. The summed E-state index contributed by atoms with van der Waals surface area (Å²) in [4.78, 5) is 31.7. The van der Waals surface area contributed by atoms with Crippen LogP contribution in [0.1, 0.15) is 18.1 Å². The number of para-hydroxylation sites is 1. The Balaban J connectivity index is 2.41. The lowest BCUT2D eigenvalue weighted by Crippen LogP contribution is -2.63. The number of carbonyl (C=O) groups excluding carboxylic acids is 2. The van der Waals surface area contributed by atoms with E-state index in [-0.39, 0.29) is 12.6 Å². The summed E-state index contributed by atoms with van der Waals surface area (Å²) >= 11 is 6.50. The Kier molecular flexibility index (Phi) is 12.9. The number of halogens is 1. The topological polar surface area (TPSA) is 62.4 Å². The molecular formula is C29H41ClN6O2. The third-order valence-electron chi connectivity index (χ3n) is 6.08. The molecule has 0 saturated heterocycles. The predicted octanol–water partition coefficient (Wildman–Crippen LogP) is 4.44. The Morgan fingerprint density at radius 3 is 2.29 bits per heavy atom. The molecule has 3 amide bonds. The molecule has 0 aliphatic carbocycles. The van der Waals surface area contributed by atoms with Crippen molar-refractivity contribution in [3.05, 3.63) is 90.0 Å². The Hall–Kier alpha value is -3.33. The minimum Gasteiger partial charge on any atom is -0.376 e. The smallest absolute Gasteiger partial charge is 0.334 e. The molecule has 0 spiro atoms. The van der Waals surface area contributed by atoms with Gasteiger partial charge in [0.2, 0.25) is 6.41 Å². The van der Waals surface area contributed by atoms with Crippen LogP contribution in [0.25, 0.3) is 0 Å². The van der Waals surface area contributed by atoms with E-state index in [1.54, 1.807) is 22.1 Å². The number of urea groups is 1. The van der Waals surface area contributed by atoms with Crippen molar-refractivity contribution in [3.8, 4) is 0 Å². The summed E-state index contributed by atoms with van der Waals surface area (Å²) in [5.74, 6) is 0. The van der Waals surface area contributed by atoms with Crippen LogP contribution < -0.4 is 10.2 Å². The van der Waals surface area contributed by atoms with E-state index >= 15 is 0 Å². The van der Waals surface area contributed by atoms with Crippen molar-refractivity contribution in [1.82, 2.24) is 25.1 Å². The molecule has 1 N–H and O–H groups in total. The lowest BCUT2D eigenvalue weighted by Gasteiger charge is -2.44. The first-order valence-electron chi connectivity index (χ1n) is 12.7. The van der Waals surface area contributed by atoms with Crippen LogP contribution in [0.5, 0.6) is 0 Å². The van der Waals surface area contributed by atoms with Crippen LogP contribution in [-0.4, -0.2) is 85.7 Å². The summed E-state index contributed by atoms with van der Waals surface area (Å²) in [5, 5.41) is 7.21. The number of nitrogens with one attached hydrogen (secondary N) is 1. The fourth-order valence-corrected chi connectivity index (χ4v) is 4.72. The molecule has 2 aromatic rings. The number of hydrogen-bond acceptors (Lipinski definition) is 5. The number of carbonyl (C=O) groups is 2. The normalized spacial score (nSPS) is 11.7. The fourth-order valence-electron chi connectivity index (χ4n) is 4.35. The zero-order valence-corrected chi connectivity index (χ0v) is 23.8. The van der Waals surface area contributed by atoms with Gasteiger partial charge in [0, 0.05) is 53.4 Å². The highest BCUT2D eigenvalue weighted by Crippen LogP contribution is 2.29. The van der Waals surface area contributed by atoms with Gasteiger partial charge in [0.1, 0.15) is 6.17 Å². The summed E-state index contributed by atoms with van der Waals surface area (Å²) < 4.78 is 0. The number of nitrogens with zero attached hydrogens (tertiary/aromatic N) is 5. The van der Waals surface area contributed by atoms with E-state index in [1.165, 1.54) is 0 Å². The molecule has 0 heterocycles. The molecule has 1 unspecified atom stereocenters. The van der Waals surface area contributed by atoms with Crippen molar-refractivity contribution < 1.29 is 9.59 Å². The highest BCUT2D eigenvalue weighted by molar-refractivity contribution is 6.33. The van der Waals surface area contributed by atoms with Crippen molar-refractivity contribution in [2.24, 2.45) is 0 Å². The minimum atomic E-state index is -0.604. The number of hydrazine groups is 1. The first-order valence-corrected chi connectivity index (χ1v) is 13.1. The molecule has 38 heavy (non-hydrogen) atoms. The molecule has 0 aliphatic rings. The van der Waals surface area contributed by atoms with Gasteiger partial charge >= 0.3 is 6.03 Å². The Morgan fingerprint density at radius 1 is 1.03 bits per heavy atom. The van der Waals surface area contributed by atoms with E-state index in [2.05, 4.69) is 23.4 Å². The molecule has 0 aromatic heterocycles. The Morgan fingerprint density at radius 2 is 1.71 bits per heavy atom. The highest BCUT2D eigenvalue weighted by atomic mass is 35.5. The number of likely N-dealkylation sites (N-methyl/N-ethyl adjacent to an activating group) is 2. The van der Waals surface area contributed by atoms with E-state index in [0.717, 1.165) is 23.2 Å². The number of anilines is 1. The molecule has 2 aromatic carbocycles. The second-order valence-corrected chi connectivity index (χ2v) is 9.60. The van der Waals surface area contributed by atoms with E-state index in [0.29, 0.717) is 37.7 Å². The number of rotatable bonds is 16. The van der Waals surface area contributed by atoms with E-state index in [1.807, 2.05) is 86.5 Å². The molecule has 0 aliphatic heterocycles. The average Bonchev–Trinajstić information content (AvgIpc) is 2.90. The first kappa shape index (κ1) is 30.9. The maximum absolute atomic E-state index is 13.7. The van der Waals surface area contributed by atoms with Crippen molar-refractivity contribution in [3.63, 3.8) is 0 Å². The molecular weight excluding hydrogens is 500 g/mol. The largest absolute Gasteiger partial charge is 0.376 e. The number of hydrogen-bond donors (Lipinski definition) is 1. The molecule has 0 bridgehead atoms. The number of amides is 3. The van der Waals surface area contributed by atoms with E-state index in [9.17, 15) is 9.59 Å². The van der Waals surface area contributed by atoms with Gasteiger partial charge in [-0.2, -0.15) is 0 Å². The predicted molar refractivity (Wildman–Crippen MR) is 157 cm³/mol. The third-order valence-corrected chi connectivity index (χ3v) is 6.38. The van der Waals surface area contributed by atoms with Crippen molar-refractivity contribution in [2.75, 3.05) is 52.2 Å². The average molecular weight is 541 g/mol. The van der Waals surface area contributed by atoms with E-state index in [4.69, 9.17) is 11.6 Å². The Labute approximate surface area is 232 Å². The van der Waals surface area contributed by atoms with Crippen molar-refractivity contribution in [2.45, 2.75) is 26.2 Å². The molecule has 9 heteroatoms. The van der Waals surface area contributed by atoms with Gasteiger partial charge in [-0.15, -0.1) is 13.2 Å². The summed E-state index contributed by atoms with van der Waals surface area (Å²) in [7, 11) is 5.88. The second-order valence-electron chi connectivity index (χ2n) is 9.19. The van der Waals surface area contributed by atoms with Crippen molar-refractivity contribution >= 4 is 29.7 Å². The molecule has 1 atom stereocenters. The van der Waals surface area contributed by atoms with Crippen LogP contribution in [-0.2, 0) is 17.9 Å². The van der Waals surface area contributed by atoms with Gasteiger partial charge in [0.25, 0.3) is 0 Å². The first-order chi connectivity index (χ1) is 18.3. The molecule has 8 nitrogen and oxygen atoms in total. The van der Waals surface area contributed by atoms with Crippen LogP contribution in [0.4, 0.5) is 10.5 Å². The molecule has 0 saturated carbocycles. The standard InChI is InChI=1S/C29H41ClN6O2/c1-7-18-34(23-37)27(22-33(6)21-25-16-13-17-26(30)28(25)32(4)5)36(35(9-3)19-8-2)29(38)31-20-24-14-11-10-12-15-24/h7-8,10-17,23,27H,1-2,9,18-22H2,3-6H3,(H,31,38). The van der Waals surface area contributed by atoms with Gasteiger partial charge in [-0.3, -0.25) is 9.69 Å². The monoisotopic (exact) mass is 540 g/mol. The molecule has 0 radical (unpaired) electrons. The van der Waals surface area contributed by atoms with Crippen LogP contribution >= 0.6 is 11.6 Å². The maximum atomic E-state index is 13.7. The molecule has 0 fully saturated rings. The van der Waals surface area contributed by atoms with Crippen molar-refractivity contribution in [1.29, 1.82) is 0 Å². The van der Waals surface area contributed by atoms with Crippen LogP contribution in [0, 0.1) is 0 Å². The summed E-state index contributed by atoms with van der Waals surface area (Å²) in [6, 6.07) is 15.3. The highest BCUT2D eigenvalue weighted by Gasteiger charge is 2.33. The van der Waals surface area contributed by atoms with Crippen LogP contribution in [0.2, 0.25) is 5.02 Å². The van der Waals surface area contributed by atoms with Gasteiger partial charge in [0.15, 0.2) is 0 Å². The Bertz CT molecular complexity index is 1050. The zero-order chi connectivity index (χ0) is 28.1. The summed E-state index contributed by atoms with van der Waals surface area (Å²) in [5.41, 5.74) is 2.97. The summed E-state index contributed by atoms with van der Waals surface area (Å²) in [6.45, 7) is 12.2. The number of benzene rings is 2. The zero-order valence-electron chi connectivity index (χ0n) is 23.0. The maximum Gasteiger partial charge on any atom is 0.334 e. The van der Waals surface area contributed by atoms with E-state index < -0.39 is 6.17 Å². The van der Waals surface area contributed by atoms with Gasteiger partial charge < -0.3 is 15.1 Å². The SMILES string of the molecule is C=CCN(C=O)C(CN(C)Cc1cccc(Cl)c1N(C)C)N(C(=O)NCc1ccccc1)N(CC)CC=C. The lowest BCUT2D eigenvalue weighted by molar-refractivity contribution is -0.131. The van der Waals surface area contributed by atoms with Gasteiger partial charge in [0.05, 0.1) is 10.7 Å².